The zero-order valence-corrected chi connectivity index (χ0v) is 12.4. The molecule has 1 saturated carbocycles. The molecule has 3 rings (SSSR count). The molecule has 0 aromatic rings. The molecule has 0 aromatic carbocycles. The second kappa shape index (κ2) is 5.68. The molecule has 0 spiro atoms. The van der Waals surface area contributed by atoms with Crippen LogP contribution in [0.3, 0.4) is 0 Å². The fourth-order valence-electron chi connectivity index (χ4n) is 3.14. The van der Waals surface area contributed by atoms with E-state index in [1.807, 2.05) is 0 Å². The Morgan fingerprint density at radius 3 is 2.16 bits per heavy atom. The van der Waals surface area contributed by atoms with Crippen molar-refractivity contribution >= 4 is 10.0 Å². The van der Waals surface area contributed by atoms with Gasteiger partial charge in [-0.3, -0.25) is 0 Å². The Bertz CT molecular complexity index is 394. The fraction of sp³-hybridized carbons (Fsp3) is 1.00. The van der Waals surface area contributed by atoms with Gasteiger partial charge in [0, 0.05) is 32.7 Å². The van der Waals surface area contributed by atoms with E-state index < -0.39 is 10.0 Å². The monoisotopic (exact) mass is 287 g/mol. The fourth-order valence-corrected chi connectivity index (χ4v) is 5.06. The third-order valence-electron chi connectivity index (χ3n) is 4.61. The van der Waals surface area contributed by atoms with Crippen molar-refractivity contribution < 1.29 is 8.42 Å². The summed E-state index contributed by atoms with van der Waals surface area (Å²) in [6.07, 6.45) is 4.27. The standard InChI is InChI=1S/C13H25N3O2S/c17-19(18,13-3-5-14-6-4-13)16-9-7-15(8-10-16)11-12-1-2-12/h12-14H,1-11H2. The molecule has 5 nitrogen and oxygen atoms in total. The molecular weight excluding hydrogens is 262 g/mol. The van der Waals surface area contributed by atoms with Crippen molar-refractivity contribution in [1.82, 2.24) is 14.5 Å². The van der Waals surface area contributed by atoms with Crippen molar-refractivity contribution in [1.29, 1.82) is 0 Å². The average Bonchev–Trinajstić information content (AvgIpc) is 3.24. The van der Waals surface area contributed by atoms with Gasteiger partial charge in [-0.1, -0.05) is 0 Å². The van der Waals surface area contributed by atoms with Crippen molar-refractivity contribution in [3.8, 4) is 0 Å². The van der Waals surface area contributed by atoms with Gasteiger partial charge in [0.25, 0.3) is 0 Å². The van der Waals surface area contributed by atoms with Gasteiger partial charge in [-0.2, -0.15) is 4.31 Å². The summed E-state index contributed by atoms with van der Waals surface area (Å²) in [6, 6.07) is 0. The number of piperidine rings is 1. The van der Waals surface area contributed by atoms with Crippen LogP contribution in [0.1, 0.15) is 25.7 Å². The van der Waals surface area contributed by atoms with Crippen LogP contribution in [0.4, 0.5) is 0 Å². The molecule has 3 fully saturated rings. The summed E-state index contributed by atoms with van der Waals surface area (Å²) in [7, 11) is -3.05. The molecule has 2 aliphatic heterocycles. The summed E-state index contributed by atoms with van der Waals surface area (Å²) in [5.74, 6) is 0.896. The lowest BCUT2D eigenvalue weighted by Crippen LogP contribution is -2.52. The number of nitrogens with one attached hydrogen (secondary N) is 1. The summed E-state index contributed by atoms with van der Waals surface area (Å²) in [5, 5.41) is 3.08. The van der Waals surface area contributed by atoms with Gasteiger partial charge < -0.3 is 10.2 Å². The van der Waals surface area contributed by atoms with Crippen LogP contribution in [0.15, 0.2) is 0 Å². The van der Waals surface area contributed by atoms with Crippen LogP contribution < -0.4 is 5.32 Å². The Labute approximate surface area is 116 Å². The summed E-state index contributed by atoms with van der Waals surface area (Å²) >= 11 is 0. The molecule has 6 heteroatoms. The molecule has 2 heterocycles. The van der Waals surface area contributed by atoms with Crippen LogP contribution in [0, 0.1) is 5.92 Å². The number of piperazine rings is 1. The minimum atomic E-state index is -3.05. The van der Waals surface area contributed by atoms with E-state index in [0.717, 1.165) is 44.9 Å². The zero-order valence-electron chi connectivity index (χ0n) is 11.6. The van der Waals surface area contributed by atoms with Gasteiger partial charge in [0.15, 0.2) is 0 Å². The van der Waals surface area contributed by atoms with E-state index in [1.54, 1.807) is 4.31 Å². The van der Waals surface area contributed by atoms with Crippen molar-refractivity contribution in [3.05, 3.63) is 0 Å². The SMILES string of the molecule is O=S(=O)(C1CCNCC1)N1CCN(CC2CC2)CC1. The molecule has 0 atom stereocenters. The maximum absolute atomic E-state index is 12.6. The molecule has 3 aliphatic rings. The first-order valence-corrected chi connectivity index (χ1v) is 9.08. The predicted octanol–water partition coefficient (Wildman–Crippen LogP) is 0.0958. The van der Waals surface area contributed by atoms with Crippen LogP contribution in [-0.4, -0.2) is 68.7 Å². The Morgan fingerprint density at radius 2 is 1.58 bits per heavy atom. The Morgan fingerprint density at radius 1 is 0.947 bits per heavy atom. The van der Waals surface area contributed by atoms with Gasteiger partial charge in [-0.15, -0.1) is 0 Å². The number of sulfonamides is 1. The highest BCUT2D eigenvalue weighted by atomic mass is 32.2. The lowest BCUT2D eigenvalue weighted by Gasteiger charge is -2.36. The second-order valence-corrected chi connectivity index (χ2v) is 8.35. The highest BCUT2D eigenvalue weighted by Gasteiger charge is 2.35. The second-order valence-electron chi connectivity index (χ2n) is 6.14. The zero-order chi connectivity index (χ0) is 13.3. The average molecular weight is 287 g/mol. The highest BCUT2D eigenvalue weighted by Crippen LogP contribution is 2.30. The summed E-state index contributed by atoms with van der Waals surface area (Å²) in [4.78, 5) is 2.44. The molecule has 0 bridgehead atoms. The minimum absolute atomic E-state index is 0.149. The van der Waals surface area contributed by atoms with Gasteiger partial charge in [0.2, 0.25) is 10.0 Å². The smallest absolute Gasteiger partial charge is 0.217 e. The Hall–Kier alpha value is -0.170. The molecule has 0 aromatic heterocycles. The van der Waals surface area contributed by atoms with Gasteiger partial charge in [-0.05, 0) is 44.7 Å². The van der Waals surface area contributed by atoms with Crippen LogP contribution >= 0.6 is 0 Å². The normalized spacial score (nSPS) is 28.6. The first-order chi connectivity index (χ1) is 9.16. The Balaban J connectivity index is 1.53. The predicted molar refractivity (Wildman–Crippen MR) is 75.5 cm³/mol. The third-order valence-corrected chi connectivity index (χ3v) is 7.01. The third kappa shape index (κ3) is 3.29. The molecular formula is C13H25N3O2S. The van der Waals surface area contributed by atoms with Crippen LogP contribution in [0.2, 0.25) is 0 Å². The first-order valence-electron chi connectivity index (χ1n) is 7.58. The molecule has 1 N–H and O–H groups in total. The topological polar surface area (TPSA) is 52.7 Å². The van der Waals surface area contributed by atoms with E-state index in [0.29, 0.717) is 13.1 Å². The molecule has 110 valence electrons. The van der Waals surface area contributed by atoms with E-state index in [9.17, 15) is 8.42 Å². The van der Waals surface area contributed by atoms with Crippen molar-refractivity contribution in [3.63, 3.8) is 0 Å². The number of rotatable bonds is 4. The number of nitrogens with zero attached hydrogens (tertiary/aromatic N) is 2. The van der Waals surface area contributed by atoms with Crippen molar-refractivity contribution in [2.24, 2.45) is 5.92 Å². The van der Waals surface area contributed by atoms with E-state index in [4.69, 9.17) is 0 Å². The lowest BCUT2D eigenvalue weighted by molar-refractivity contribution is 0.181. The van der Waals surface area contributed by atoms with Crippen molar-refractivity contribution in [2.45, 2.75) is 30.9 Å². The molecule has 19 heavy (non-hydrogen) atoms. The number of hydrogen-bond donors (Lipinski definition) is 1. The first kappa shape index (κ1) is 13.8. The summed E-state index contributed by atoms with van der Waals surface area (Å²) in [6.45, 7) is 6.08. The lowest BCUT2D eigenvalue weighted by atomic mass is 10.2. The van der Waals surface area contributed by atoms with Crippen LogP contribution in [-0.2, 0) is 10.0 Å². The molecule has 0 radical (unpaired) electrons. The summed E-state index contributed by atoms with van der Waals surface area (Å²) in [5.41, 5.74) is 0. The maximum atomic E-state index is 12.6. The van der Waals surface area contributed by atoms with Crippen molar-refractivity contribution in [2.75, 3.05) is 45.8 Å². The minimum Gasteiger partial charge on any atom is -0.317 e. The van der Waals surface area contributed by atoms with E-state index in [2.05, 4.69) is 10.2 Å². The van der Waals surface area contributed by atoms with Crippen LogP contribution in [0.5, 0.6) is 0 Å². The highest BCUT2D eigenvalue weighted by molar-refractivity contribution is 7.89. The van der Waals surface area contributed by atoms with Gasteiger partial charge in [0.1, 0.15) is 0 Å². The van der Waals surface area contributed by atoms with Gasteiger partial charge in [0.05, 0.1) is 5.25 Å². The van der Waals surface area contributed by atoms with E-state index >= 15 is 0 Å². The maximum Gasteiger partial charge on any atom is 0.217 e. The molecule has 0 amide bonds. The largest absolute Gasteiger partial charge is 0.317 e. The molecule has 1 aliphatic carbocycles. The quantitative estimate of drug-likeness (QED) is 0.796. The van der Waals surface area contributed by atoms with Crippen LogP contribution in [0.25, 0.3) is 0 Å². The number of hydrogen-bond acceptors (Lipinski definition) is 4. The summed E-state index contributed by atoms with van der Waals surface area (Å²) < 4.78 is 26.9. The van der Waals surface area contributed by atoms with Gasteiger partial charge in [-0.25, -0.2) is 8.42 Å². The van der Waals surface area contributed by atoms with Gasteiger partial charge >= 0.3 is 0 Å². The van der Waals surface area contributed by atoms with E-state index in [1.165, 1.54) is 19.4 Å². The molecule has 0 unspecified atom stereocenters. The molecule has 2 saturated heterocycles. The Kier molecular flexibility index (Phi) is 4.12. The van der Waals surface area contributed by atoms with E-state index in [-0.39, 0.29) is 5.25 Å².